The van der Waals surface area contributed by atoms with Crippen LogP contribution in [0.5, 0.6) is 0 Å². The molecule has 3 N–H and O–H groups in total. The molecule has 0 saturated carbocycles. The minimum absolute atomic E-state index is 0.357. The van der Waals surface area contributed by atoms with E-state index in [-0.39, 0.29) is 0 Å². The normalized spacial score (nSPS) is 11.4. The first-order valence-corrected chi connectivity index (χ1v) is 3.83. The van der Waals surface area contributed by atoms with Crippen molar-refractivity contribution in [1.29, 1.82) is 0 Å². The fraction of sp³-hybridized carbons (Fsp3) is 0.750. The van der Waals surface area contributed by atoms with Gasteiger partial charge in [-0.15, -0.1) is 0 Å². The van der Waals surface area contributed by atoms with Crippen LogP contribution in [0.2, 0.25) is 0 Å². The fourth-order valence-electron chi connectivity index (χ4n) is 0.609. The maximum atomic E-state index is 10.1. The van der Waals surface area contributed by atoms with Crippen LogP contribution in [0.25, 0.3) is 0 Å². The van der Waals surface area contributed by atoms with Gasteiger partial charge in [0.05, 0.1) is 0 Å². The minimum Gasteiger partial charge on any atom is -0.480 e. The molecule has 0 bridgehead atoms. The molecule has 0 fully saturated rings. The van der Waals surface area contributed by atoms with Crippen molar-refractivity contribution in [2.45, 2.75) is 33.2 Å². The van der Waals surface area contributed by atoms with Crippen LogP contribution in [0.3, 0.4) is 0 Å². The van der Waals surface area contributed by atoms with E-state index in [0.29, 0.717) is 12.3 Å². The van der Waals surface area contributed by atoms with Gasteiger partial charge in [0.25, 0.3) is 0 Å². The van der Waals surface area contributed by atoms with Gasteiger partial charge in [-0.2, -0.15) is 0 Å². The Morgan fingerprint density at radius 2 is 1.92 bits per heavy atom. The molecule has 0 amide bonds. The maximum Gasteiger partial charge on any atom is 0.320 e. The second-order valence-electron chi connectivity index (χ2n) is 2.81. The number of carbonyl (C=O) groups excluding carboxylic acids is 1. The molecule has 0 aliphatic heterocycles. The Hall–Kier alpha value is -0.900. The average Bonchev–Trinajstić information content (AvgIpc) is 1.87. The third kappa shape index (κ3) is 11.8. The Bertz CT molecular complexity index is 134. The summed E-state index contributed by atoms with van der Waals surface area (Å²) in [5.74, 6) is -0.556. The Morgan fingerprint density at radius 3 is 2.00 bits per heavy atom. The van der Waals surface area contributed by atoms with Crippen LogP contribution in [0.4, 0.5) is 0 Å². The lowest BCUT2D eigenvalue weighted by Gasteiger charge is -2.07. The summed E-state index contributed by atoms with van der Waals surface area (Å²) in [4.78, 5) is 18.9. The molecule has 0 heterocycles. The van der Waals surface area contributed by atoms with Crippen LogP contribution in [0.15, 0.2) is 0 Å². The second-order valence-corrected chi connectivity index (χ2v) is 2.81. The average molecular weight is 175 g/mol. The molecule has 0 aliphatic carbocycles. The number of nitrogens with two attached hydrogens (primary N) is 1. The van der Waals surface area contributed by atoms with Crippen molar-refractivity contribution in [1.82, 2.24) is 0 Å². The topological polar surface area (TPSA) is 80.4 Å². The lowest BCUT2D eigenvalue weighted by atomic mass is 10.1. The standard InChI is InChI=1S/C6H13NO2.C2H4O/c1-4(2)3-5(7)6(8)9;1-2-3/h4-5H,3,7H2,1-2H3,(H,8,9);2H,1H3/t5-;/m1./s1. The van der Waals surface area contributed by atoms with Crippen molar-refractivity contribution in [3.8, 4) is 0 Å². The van der Waals surface area contributed by atoms with Crippen molar-refractivity contribution in [2.75, 3.05) is 0 Å². The summed E-state index contributed by atoms with van der Waals surface area (Å²) in [6.45, 7) is 5.34. The molecule has 0 spiro atoms. The van der Waals surface area contributed by atoms with E-state index in [1.165, 1.54) is 6.92 Å². The van der Waals surface area contributed by atoms with Gasteiger partial charge in [0.15, 0.2) is 0 Å². The van der Waals surface area contributed by atoms with Crippen LogP contribution in [0, 0.1) is 5.92 Å². The summed E-state index contributed by atoms with van der Waals surface area (Å²) in [5, 5.41) is 8.31. The molecule has 0 rings (SSSR count). The van der Waals surface area contributed by atoms with E-state index in [1.54, 1.807) is 0 Å². The summed E-state index contributed by atoms with van der Waals surface area (Å²) >= 11 is 0. The summed E-state index contributed by atoms with van der Waals surface area (Å²) in [6, 6.07) is -0.690. The summed E-state index contributed by atoms with van der Waals surface area (Å²) in [5.41, 5.74) is 5.22. The number of carbonyl (C=O) groups is 2. The Kier molecular flexibility index (Phi) is 9.34. The number of aliphatic carboxylic acids is 1. The zero-order valence-corrected chi connectivity index (χ0v) is 7.78. The highest BCUT2D eigenvalue weighted by Crippen LogP contribution is 2.01. The second kappa shape index (κ2) is 8.20. The molecule has 0 unspecified atom stereocenters. The highest BCUT2D eigenvalue weighted by Gasteiger charge is 2.11. The predicted molar refractivity (Wildman–Crippen MR) is 46.8 cm³/mol. The molecule has 72 valence electrons. The molecule has 0 aliphatic rings. The number of carboxylic acids is 1. The lowest BCUT2D eigenvalue weighted by Crippen LogP contribution is -2.31. The van der Waals surface area contributed by atoms with E-state index >= 15 is 0 Å². The molecule has 1 atom stereocenters. The SMILES string of the molecule is CC(C)C[C@@H](N)C(=O)O.CC=O. The molecule has 4 nitrogen and oxygen atoms in total. The van der Waals surface area contributed by atoms with Crippen LogP contribution < -0.4 is 5.73 Å². The number of rotatable bonds is 3. The van der Waals surface area contributed by atoms with E-state index in [4.69, 9.17) is 15.6 Å². The highest BCUT2D eigenvalue weighted by molar-refractivity contribution is 5.72. The molecule has 0 saturated heterocycles. The van der Waals surface area contributed by atoms with Gasteiger partial charge in [-0.3, -0.25) is 4.79 Å². The van der Waals surface area contributed by atoms with Crippen molar-refractivity contribution in [3.63, 3.8) is 0 Å². The molecule has 4 heteroatoms. The first-order chi connectivity index (χ1) is 5.45. The van der Waals surface area contributed by atoms with Crippen LogP contribution in [-0.4, -0.2) is 23.4 Å². The number of carboxylic acid groups (broad SMARTS) is 1. The molecular formula is C8H17NO3. The molecule has 12 heavy (non-hydrogen) atoms. The van der Waals surface area contributed by atoms with Crippen molar-refractivity contribution >= 4 is 12.3 Å². The fourth-order valence-corrected chi connectivity index (χ4v) is 0.609. The van der Waals surface area contributed by atoms with E-state index in [1.807, 2.05) is 13.8 Å². The third-order valence-electron chi connectivity index (χ3n) is 1.04. The lowest BCUT2D eigenvalue weighted by molar-refractivity contribution is -0.138. The van der Waals surface area contributed by atoms with E-state index < -0.39 is 12.0 Å². The van der Waals surface area contributed by atoms with Gasteiger partial charge in [-0.05, 0) is 19.3 Å². The summed E-state index contributed by atoms with van der Waals surface area (Å²) in [7, 11) is 0. The maximum absolute atomic E-state index is 10.1. The van der Waals surface area contributed by atoms with Gasteiger partial charge in [0.1, 0.15) is 12.3 Å². The van der Waals surface area contributed by atoms with Gasteiger partial charge < -0.3 is 15.6 Å². The highest BCUT2D eigenvalue weighted by atomic mass is 16.4. The summed E-state index contributed by atoms with van der Waals surface area (Å²) in [6.07, 6.45) is 1.30. The van der Waals surface area contributed by atoms with Crippen molar-refractivity contribution in [2.24, 2.45) is 11.7 Å². The van der Waals surface area contributed by atoms with Gasteiger partial charge >= 0.3 is 5.97 Å². The van der Waals surface area contributed by atoms with Crippen molar-refractivity contribution in [3.05, 3.63) is 0 Å². The molecule has 0 radical (unpaired) electrons. The van der Waals surface area contributed by atoms with Crippen LogP contribution in [-0.2, 0) is 9.59 Å². The van der Waals surface area contributed by atoms with Gasteiger partial charge in [-0.1, -0.05) is 13.8 Å². The number of aldehydes is 1. The minimum atomic E-state index is -0.913. The molecule has 0 aromatic rings. The Morgan fingerprint density at radius 1 is 1.58 bits per heavy atom. The van der Waals surface area contributed by atoms with E-state index in [2.05, 4.69) is 0 Å². The molecular weight excluding hydrogens is 158 g/mol. The zero-order valence-electron chi connectivity index (χ0n) is 7.78. The first kappa shape index (κ1) is 13.7. The smallest absolute Gasteiger partial charge is 0.320 e. The monoisotopic (exact) mass is 175 g/mol. The van der Waals surface area contributed by atoms with Crippen molar-refractivity contribution < 1.29 is 14.7 Å². The van der Waals surface area contributed by atoms with Gasteiger partial charge in [0.2, 0.25) is 0 Å². The molecule has 0 aromatic heterocycles. The number of hydrogen-bond acceptors (Lipinski definition) is 3. The number of hydrogen-bond donors (Lipinski definition) is 2. The molecule has 0 aromatic carbocycles. The first-order valence-electron chi connectivity index (χ1n) is 3.83. The predicted octanol–water partition coefficient (Wildman–Crippen LogP) is 0.650. The quantitative estimate of drug-likeness (QED) is 0.617. The van der Waals surface area contributed by atoms with E-state index in [9.17, 15) is 4.79 Å². The van der Waals surface area contributed by atoms with Gasteiger partial charge in [0, 0.05) is 0 Å². The largest absolute Gasteiger partial charge is 0.480 e. The summed E-state index contributed by atoms with van der Waals surface area (Å²) < 4.78 is 0. The Labute approximate surface area is 72.8 Å². The van der Waals surface area contributed by atoms with Crippen LogP contribution >= 0.6 is 0 Å². The van der Waals surface area contributed by atoms with Crippen LogP contribution in [0.1, 0.15) is 27.2 Å². The van der Waals surface area contributed by atoms with E-state index in [0.717, 1.165) is 6.29 Å². The zero-order chi connectivity index (χ0) is 10.1. The Balaban J connectivity index is 0. The van der Waals surface area contributed by atoms with Gasteiger partial charge in [-0.25, -0.2) is 0 Å². The third-order valence-corrected chi connectivity index (χ3v) is 1.04.